The molecule has 2 aliphatic rings. The maximum absolute atomic E-state index is 11.7. The summed E-state index contributed by atoms with van der Waals surface area (Å²) in [5, 5.41) is 0.417. The Morgan fingerprint density at radius 2 is 1.57 bits per heavy atom. The zero-order valence-corrected chi connectivity index (χ0v) is 14.6. The Hall–Kier alpha value is -0.280. The molecule has 0 aromatic carbocycles. The number of ketones is 1. The second-order valence-electron chi connectivity index (χ2n) is 6.00. The van der Waals surface area contributed by atoms with Gasteiger partial charge in [0, 0.05) is 18.8 Å². The van der Waals surface area contributed by atoms with Gasteiger partial charge >= 0.3 is 5.51 Å². The van der Waals surface area contributed by atoms with Crippen LogP contribution in [0.15, 0.2) is 0 Å². The molecule has 0 spiro atoms. The first-order valence-corrected chi connectivity index (χ1v) is 10.4. The fraction of sp³-hybridized carbons (Fsp3) is 0.929. The fourth-order valence-corrected chi connectivity index (χ4v) is 4.42. The van der Waals surface area contributed by atoms with Crippen LogP contribution in [0.4, 0.5) is 13.2 Å². The van der Waals surface area contributed by atoms with E-state index in [1.165, 1.54) is 62.5 Å². The van der Waals surface area contributed by atoms with Gasteiger partial charge in [-0.05, 0) is 37.4 Å². The first-order valence-electron chi connectivity index (χ1n) is 7.82. The van der Waals surface area contributed by atoms with Crippen LogP contribution in [0.2, 0.25) is 0 Å². The third-order valence-electron chi connectivity index (χ3n) is 4.11. The number of Topliss-reactive ketones (excluding diaryl/α,β-unsaturated/α-hetero) is 1. The van der Waals surface area contributed by atoms with E-state index in [4.69, 9.17) is 13.0 Å². The molecule has 0 radical (unpaired) electrons. The molecule has 0 aromatic heterocycles. The van der Waals surface area contributed by atoms with E-state index in [0.717, 1.165) is 18.8 Å². The molecule has 0 aromatic rings. The topological polar surface area (TPSA) is 74.3 Å². The van der Waals surface area contributed by atoms with Gasteiger partial charge in [-0.25, -0.2) is 8.42 Å². The van der Waals surface area contributed by atoms with Crippen LogP contribution in [0.1, 0.15) is 57.8 Å². The number of carbonyl (C=O) groups excluding carboxylic acids is 1. The summed E-state index contributed by atoms with van der Waals surface area (Å²) in [7, 11) is -6.09. The van der Waals surface area contributed by atoms with Gasteiger partial charge in [0.1, 0.15) is 5.75 Å². The van der Waals surface area contributed by atoms with Gasteiger partial charge < -0.3 is 4.55 Å². The molecule has 0 heterocycles. The molecule has 2 saturated carbocycles. The lowest BCUT2D eigenvalue weighted by atomic mass is 9.91. The van der Waals surface area contributed by atoms with Gasteiger partial charge in [0.15, 0.2) is 21.2 Å². The lowest BCUT2D eigenvalue weighted by Gasteiger charge is -2.20. The number of thiol groups is 1. The van der Waals surface area contributed by atoms with Crippen molar-refractivity contribution in [2.75, 3.05) is 5.75 Å². The first-order chi connectivity index (χ1) is 10.6. The summed E-state index contributed by atoms with van der Waals surface area (Å²) in [6, 6.07) is 0. The van der Waals surface area contributed by atoms with Gasteiger partial charge in [0.25, 0.3) is 0 Å². The van der Waals surface area contributed by atoms with Gasteiger partial charge in [-0.3, -0.25) is 4.79 Å². The van der Waals surface area contributed by atoms with E-state index >= 15 is 0 Å². The summed E-state index contributed by atoms with van der Waals surface area (Å²) in [4.78, 5) is 11.7. The smallest absolute Gasteiger partial charge is 0.485 e. The van der Waals surface area contributed by atoms with Gasteiger partial charge in [0.2, 0.25) is 0 Å². The summed E-state index contributed by atoms with van der Waals surface area (Å²) in [5.41, 5.74) is -5.65. The zero-order valence-electron chi connectivity index (χ0n) is 12.8. The van der Waals surface area contributed by atoms with E-state index in [1.54, 1.807) is 0 Å². The summed E-state index contributed by atoms with van der Waals surface area (Å²) < 4.78 is 58.9. The molecular formula is C14H23F3O4S2. The number of carbonyl (C=O) groups is 1. The minimum absolute atomic E-state index is 0.417. The average molecular weight is 376 g/mol. The first kappa shape index (κ1) is 20.8. The van der Waals surface area contributed by atoms with E-state index in [1.807, 2.05) is 0 Å². The standard InChI is InChI=1S/C13H22OS.CHF3O3S/c14-12-8-4-5-9-13(12)15-10-11-6-2-1-3-7-11;2-1(3,4)8(5,6)7/h11,13H,1-10H2;(H,5,6,7). The molecule has 136 valence electrons. The molecule has 2 aliphatic carbocycles. The lowest BCUT2D eigenvalue weighted by molar-refractivity contribution is -0.119. The molecular weight excluding hydrogens is 353 g/mol. The predicted molar refractivity (Wildman–Crippen MR) is 83.2 cm³/mol. The SMILES string of the molecule is O=C1CCCCC1[SH+]CC1CCCCC1.O=S(=O)([O-])C(F)(F)F. The molecule has 4 nitrogen and oxygen atoms in total. The van der Waals surface area contributed by atoms with Crippen LogP contribution in [0, 0.1) is 5.92 Å². The monoisotopic (exact) mass is 376 g/mol. The van der Waals surface area contributed by atoms with Crippen molar-refractivity contribution in [3.8, 4) is 0 Å². The largest absolute Gasteiger partial charge is 0.741 e. The van der Waals surface area contributed by atoms with Gasteiger partial charge in [-0.2, -0.15) is 13.2 Å². The Kier molecular flexibility index (Phi) is 8.37. The molecule has 1 unspecified atom stereocenters. The van der Waals surface area contributed by atoms with Crippen molar-refractivity contribution in [3.63, 3.8) is 0 Å². The van der Waals surface area contributed by atoms with Crippen molar-refractivity contribution in [1.29, 1.82) is 0 Å². The highest BCUT2D eigenvalue weighted by atomic mass is 32.2. The second-order valence-corrected chi connectivity index (χ2v) is 8.72. The molecule has 0 N–H and O–H groups in total. The Bertz CT molecular complexity index is 471. The van der Waals surface area contributed by atoms with Crippen LogP contribution in [0.25, 0.3) is 0 Å². The van der Waals surface area contributed by atoms with Gasteiger partial charge in [0.05, 0.1) is 0 Å². The van der Waals surface area contributed by atoms with E-state index in [9.17, 15) is 18.0 Å². The number of rotatable bonds is 3. The summed E-state index contributed by atoms with van der Waals surface area (Å²) in [5.74, 6) is 2.80. The molecule has 23 heavy (non-hydrogen) atoms. The maximum atomic E-state index is 11.7. The van der Waals surface area contributed by atoms with Crippen molar-refractivity contribution in [2.24, 2.45) is 5.92 Å². The predicted octanol–water partition coefficient (Wildman–Crippen LogP) is 2.94. The van der Waals surface area contributed by atoms with Crippen LogP contribution in [0.5, 0.6) is 0 Å². The van der Waals surface area contributed by atoms with Crippen LogP contribution in [-0.2, 0) is 26.7 Å². The third-order valence-corrected chi connectivity index (χ3v) is 6.40. The van der Waals surface area contributed by atoms with Crippen LogP contribution < -0.4 is 0 Å². The quantitative estimate of drug-likeness (QED) is 0.328. The number of hydrogen-bond acceptors (Lipinski definition) is 4. The molecule has 0 bridgehead atoms. The van der Waals surface area contributed by atoms with Crippen molar-refractivity contribution >= 4 is 27.7 Å². The molecule has 2 fully saturated rings. The highest BCUT2D eigenvalue weighted by Crippen LogP contribution is 2.26. The lowest BCUT2D eigenvalue weighted by Crippen LogP contribution is -2.29. The van der Waals surface area contributed by atoms with Crippen molar-refractivity contribution in [2.45, 2.75) is 68.5 Å². The number of hydrogen-bond donors (Lipinski definition) is 0. The average Bonchev–Trinajstić information content (AvgIpc) is 2.46. The van der Waals surface area contributed by atoms with E-state index in [2.05, 4.69) is 0 Å². The van der Waals surface area contributed by atoms with E-state index < -0.39 is 15.6 Å². The van der Waals surface area contributed by atoms with Crippen LogP contribution in [-0.4, -0.2) is 35.3 Å². The van der Waals surface area contributed by atoms with E-state index in [0.29, 0.717) is 11.0 Å². The third kappa shape index (κ3) is 7.89. The van der Waals surface area contributed by atoms with Crippen molar-refractivity contribution < 1.29 is 30.9 Å². The van der Waals surface area contributed by atoms with Crippen molar-refractivity contribution in [1.82, 2.24) is 0 Å². The molecule has 0 amide bonds. The molecule has 0 saturated heterocycles. The van der Waals surface area contributed by atoms with Gasteiger partial charge in [-0.1, -0.05) is 19.3 Å². The normalized spacial score (nSPS) is 24.0. The fourth-order valence-electron chi connectivity index (χ4n) is 2.80. The minimum Gasteiger partial charge on any atom is -0.741 e. The number of halogens is 3. The van der Waals surface area contributed by atoms with E-state index in [-0.39, 0.29) is 0 Å². The minimum atomic E-state index is -6.09. The van der Waals surface area contributed by atoms with Gasteiger partial charge in [-0.15, -0.1) is 0 Å². The Balaban J connectivity index is 0.000000284. The Morgan fingerprint density at radius 3 is 2.04 bits per heavy atom. The summed E-state index contributed by atoms with van der Waals surface area (Å²) in [6.45, 7) is 0. The summed E-state index contributed by atoms with van der Waals surface area (Å²) >= 11 is 1.45. The number of alkyl halides is 3. The second kappa shape index (κ2) is 9.27. The molecule has 0 aliphatic heterocycles. The Labute approximate surface area is 139 Å². The molecule has 9 heteroatoms. The molecule has 2 rings (SSSR count). The zero-order chi connectivity index (χ0) is 17.5. The summed E-state index contributed by atoms with van der Waals surface area (Å²) in [6.07, 6.45) is 11.6. The van der Waals surface area contributed by atoms with Crippen LogP contribution >= 0.6 is 0 Å². The highest BCUT2D eigenvalue weighted by molar-refractivity contribution is 7.86. The van der Waals surface area contributed by atoms with Crippen molar-refractivity contribution in [3.05, 3.63) is 0 Å². The van der Waals surface area contributed by atoms with Crippen LogP contribution in [0.3, 0.4) is 0 Å². The highest BCUT2D eigenvalue weighted by Gasteiger charge is 2.37. The molecule has 1 atom stereocenters. The maximum Gasteiger partial charge on any atom is 0.485 e. The Morgan fingerprint density at radius 1 is 1.04 bits per heavy atom.